The van der Waals surface area contributed by atoms with Gasteiger partial charge in [-0.3, -0.25) is 0 Å². The van der Waals surface area contributed by atoms with Gasteiger partial charge in [0.05, 0.1) is 0 Å². The standard InChI is InChI=1S/C24H26O3/c1-3-26-24(27-4-2)22-16-14-21(15-17-22)23(25)20-12-10-19(11-13-20)18-8-6-5-7-9-18/h5-17,23-25H,3-4H2,1-2H3. The first-order chi connectivity index (χ1) is 13.2. The number of aliphatic hydroxyl groups is 1. The Balaban J connectivity index is 1.74. The van der Waals surface area contributed by atoms with Crippen molar-refractivity contribution in [3.05, 3.63) is 95.6 Å². The highest BCUT2D eigenvalue weighted by molar-refractivity contribution is 5.63. The SMILES string of the molecule is CCOC(OCC)c1ccc(C(O)c2ccc(-c3ccccc3)cc2)cc1. The molecule has 3 aromatic rings. The molecule has 3 aromatic carbocycles. The Labute approximate surface area is 161 Å². The second kappa shape index (κ2) is 9.47. The van der Waals surface area contributed by atoms with Gasteiger partial charge in [0.2, 0.25) is 0 Å². The maximum absolute atomic E-state index is 10.7. The molecule has 3 rings (SSSR count). The topological polar surface area (TPSA) is 38.7 Å². The summed E-state index contributed by atoms with van der Waals surface area (Å²) < 4.78 is 11.2. The van der Waals surface area contributed by atoms with Crippen LogP contribution >= 0.6 is 0 Å². The van der Waals surface area contributed by atoms with Crippen molar-refractivity contribution in [1.82, 2.24) is 0 Å². The largest absolute Gasteiger partial charge is 0.384 e. The summed E-state index contributed by atoms with van der Waals surface area (Å²) in [6.45, 7) is 5.07. The summed E-state index contributed by atoms with van der Waals surface area (Å²) in [5.74, 6) is 0. The molecule has 3 heteroatoms. The summed E-state index contributed by atoms with van der Waals surface area (Å²) in [5.41, 5.74) is 4.97. The van der Waals surface area contributed by atoms with Crippen LogP contribution in [0.4, 0.5) is 0 Å². The maximum atomic E-state index is 10.7. The van der Waals surface area contributed by atoms with Gasteiger partial charge in [0.15, 0.2) is 6.29 Å². The minimum absolute atomic E-state index is 0.364. The number of benzene rings is 3. The van der Waals surface area contributed by atoms with Crippen LogP contribution in [-0.2, 0) is 9.47 Å². The molecule has 1 unspecified atom stereocenters. The molecular formula is C24H26O3. The minimum Gasteiger partial charge on any atom is -0.384 e. The zero-order chi connectivity index (χ0) is 19.1. The van der Waals surface area contributed by atoms with Crippen molar-refractivity contribution >= 4 is 0 Å². The molecule has 1 atom stereocenters. The lowest BCUT2D eigenvalue weighted by atomic mass is 9.97. The zero-order valence-corrected chi connectivity index (χ0v) is 15.8. The summed E-state index contributed by atoms with van der Waals surface area (Å²) in [6.07, 6.45) is -1.03. The molecule has 0 fully saturated rings. The highest BCUT2D eigenvalue weighted by atomic mass is 16.7. The number of hydrogen-bond acceptors (Lipinski definition) is 3. The van der Waals surface area contributed by atoms with Crippen molar-refractivity contribution in [2.75, 3.05) is 13.2 Å². The highest BCUT2D eigenvalue weighted by Crippen LogP contribution is 2.27. The van der Waals surface area contributed by atoms with Gasteiger partial charge in [-0.1, -0.05) is 78.9 Å². The van der Waals surface area contributed by atoms with Crippen LogP contribution in [0.5, 0.6) is 0 Å². The Bertz CT molecular complexity index is 805. The van der Waals surface area contributed by atoms with E-state index in [1.54, 1.807) is 0 Å². The van der Waals surface area contributed by atoms with E-state index >= 15 is 0 Å². The number of aliphatic hydroxyl groups excluding tert-OH is 1. The zero-order valence-electron chi connectivity index (χ0n) is 15.8. The van der Waals surface area contributed by atoms with Crippen LogP contribution in [0.1, 0.15) is 42.9 Å². The van der Waals surface area contributed by atoms with Gasteiger partial charge in [-0.2, -0.15) is 0 Å². The molecule has 0 heterocycles. The van der Waals surface area contributed by atoms with Crippen LogP contribution < -0.4 is 0 Å². The lowest BCUT2D eigenvalue weighted by Crippen LogP contribution is -2.09. The summed E-state index contributed by atoms with van der Waals surface area (Å²) in [7, 11) is 0. The normalized spacial score (nSPS) is 12.3. The second-order valence-electron chi connectivity index (χ2n) is 6.30. The Kier molecular flexibility index (Phi) is 6.77. The molecule has 0 saturated heterocycles. The second-order valence-corrected chi connectivity index (χ2v) is 6.30. The predicted octanol–water partition coefficient (Wildman–Crippen LogP) is 5.51. The molecule has 27 heavy (non-hydrogen) atoms. The van der Waals surface area contributed by atoms with Crippen LogP contribution in [0.25, 0.3) is 11.1 Å². The van der Waals surface area contributed by atoms with E-state index in [1.807, 2.05) is 80.6 Å². The van der Waals surface area contributed by atoms with Crippen molar-refractivity contribution in [2.24, 2.45) is 0 Å². The van der Waals surface area contributed by atoms with Gasteiger partial charge in [-0.15, -0.1) is 0 Å². The van der Waals surface area contributed by atoms with Crippen molar-refractivity contribution < 1.29 is 14.6 Å². The van der Waals surface area contributed by atoms with Gasteiger partial charge in [-0.25, -0.2) is 0 Å². The van der Waals surface area contributed by atoms with E-state index in [-0.39, 0.29) is 6.29 Å². The van der Waals surface area contributed by atoms with Crippen molar-refractivity contribution in [3.63, 3.8) is 0 Å². The van der Waals surface area contributed by atoms with Crippen LogP contribution in [-0.4, -0.2) is 18.3 Å². The molecule has 0 saturated carbocycles. The Morgan fingerprint density at radius 2 is 1.07 bits per heavy atom. The molecule has 0 aliphatic heterocycles. The van der Waals surface area contributed by atoms with Gasteiger partial charge in [0, 0.05) is 18.8 Å². The van der Waals surface area contributed by atoms with E-state index in [4.69, 9.17) is 9.47 Å². The third-order valence-corrected chi connectivity index (χ3v) is 4.49. The lowest BCUT2D eigenvalue weighted by molar-refractivity contribution is -0.140. The van der Waals surface area contributed by atoms with E-state index < -0.39 is 6.10 Å². The van der Waals surface area contributed by atoms with E-state index in [9.17, 15) is 5.11 Å². The van der Waals surface area contributed by atoms with Gasteiger partial charge < -0.3 is 14.6 Å². The average molecular weight is 362 g/mol. The monoisotopic (exact) mass is 362 g/mol. The maximum Gasteiger partial charge on any atom is 0.183 e. The number of hydrogen-bond donors (Lipinski definition) is 1. The van der Waals surface area contributed by atoms with E-state index in [0.717, 1.165) is 22.3 Å². The summed E-state index contributed by atoms with van der Waals surface area (Å²) in [4.78, 5) is 0. The summed E-state index contributed by atoms with van der Waals surface area (Å²) in [5, 5.41) is 10.7. The fourth-order valence-electron chi connectivity index (χ4n) is 3.06. The Hall–Kier alpha value is -2.46. The Morgan fingerprint density at radius 3 is 1.59 bits per heavy atom. The number of ether oxygens (including phenoxy) is 2. The van der Waals surface area contributed by atoms with E-state index in [0.29, 0.717) is 13.2 Å². The van der Waals surface area contributed by atoms with Crippen LogP contribution in [0.15, 0.2) is 78.9 Å². The highest BCUT2D eigenvalue weighted by Gasteiger charge is 2.14. The molecule has 3 nitrogen and oxygen atoms in total. The smallest absolute Gasteiger partial charge is 0.183 e. The van der Waals surface area contributed by atoms with Crippen LogP contribution in [0.2, 0.25) is 0 Å². The molecule has 1 N–H and O–H groups in total. The molecule has 0 spiro atoms. The summed E-state index contributed by atoms with van der Waals surface area (Å²) in [6, 6.07) is 26.0. The van der Waals surface area contributed by atoms with Crippen molar-refractivity contribution in [1.29, 1.82) is 0 Å². The third kappa shape index (κ3) is 4.83. The molecule has 0 aromatic heterocycles. The van der Waals surface area contributed by atoms with Gasteiger partial charge >= 0.3 is 0 Å². The minimum atomic E-state index is -0.665. The fraction of sp³-hybridized carbons (Fsp3) is 0.250. The van der Waals surface area contributed by atoms with Crippen LogP contribution in [0.3, 0.4) is 0 Å². The predicted molar refractivity (Wildman–Crippen MR) is 108 cm³/mol. The van der Waals surface area contributed by atoms with Crippen LogP contribution in [0, 0.1) is 0 Å². The molecule has 0 radical (unpaired) electrons. The Morgan fingerprint density at radius 1 is 0.630 bits per heavy atom. The lowest BCUT2D eigenvalue weighted by Gasteiger charge is -2.18. The van der Waals surface area contributed by atoms with E-state index in [2.05, 4.69) is 12.1 Å². The average Bonchev–Trinajstić information content (AvgIpc) is 2.74. The van der Waals surface area contributed by atoms with Gasteiger partial charge in [0.1, 0.15) is 6.10 Å². The molecule has 0 bridgehead atoms. The molecule has 0 amide bonds. The molecule has 0 aliphatic rings. The number of rotatable bonds is 8. The fourth-order valence-corrected chi connectivity index (χ4v) is 3.06. The quantitative estimate of drug-likeness (QED) is 0.537. The molecular weight excluding hydrogens is 336 g/mol. The van der Waals surface area contributed by atoms with E-state index in [1.165, 1.54) is 5.56 Å². The summed E-state index contributed by atoms with van der Waals surface area (Å²) >= 11 is 0. The first-order valence-electron chi connectivity index (χ1n) is 9.39. The van der Waals surface area contributed by atoms with Gasteiger partial charge in [0.25, 0.3) is 0 Å². The third-order valence-electron chi connectivity index (χ3n) is 4.49. The van der Waals surface area contributed by atoms with Crippen molar-refractivity contribution in [3.8, 4) is 11.1 Å². The first kappa shape index (κ1) is 19.3. The first-order valence-corrected chi connectivity index (χ1v) is 9.39. The van der Waals surface area contributed by atoms with Gasteiger partial charge in [-0.05, 0) is 36.1 Å². The molecule has 140 valence electrons. The molecule has 0 aliphatic carbocycles. The van der Waals surface area contributed by atoms with Crippen molar-refractivity contribution in [2.45, 2.75) is 26.2 Å².